The van der Waals surface area contributed by atoms with E-state index in [9.17, 15) is 19.8 Å². The Morgan fingerprint density at radius 1 is 0.333 bits per heavy atom. The zero-order valence-corrected chi connectivity index (χ0v) is 55.0. The highest BCUT2D eigenvalue weighted by atomic mass is 16.5. The van der Waals surface area contributed by atoms with Crippen molar-refractivity contribution in [3.8, 4) is 0 Å². The number of nitrogens with one attached hydrogen (secondary N) is 1. The average molecular weight is 1140 g/mol. The summed E-state index contributed by atoms with van der Waals surface area (Å²) in [6.45, 7) is 4.98. The molecule has 0 fully saturated rings. The number of aliphatic hydroxyl groups excluding tert-OH is 2. The van der Waals surface area contributed by atoms with Crippen LogP contribution in [-0.2, 0) is 14.3 Å². The quantitative estimate of drug-likeness (QED) is 0.0320. The van der Waals surface area contributed by atoms with Crippen LogP contribution < -0.4 is 5.32 Å². The number of esters is 1. The summed E-state index contributed by atoms with van der Waals surface area (Å²) < 4.78 is 5.49. The summed E-state index contributed by atoms with van der Waals surface area (Å²) in [5.41, 5.74) is 0. The Morgan fingerprint density at radius 3 is 0.877 bits per heavy atom. The maximum Gasteiger partial charge on any atom is 0.305 e. The number of ether oxygens (including phenoxy) is 1. The molecule has 0 saturated carbocycles. The van der Waals surface area contributed by atoms with Gasteiger partial charge in [0.2, 0.25) is 5.91 Å². The van der Waals surface area contributed by atoms with Crippen LogP contribution in [0, 0.1) is 0 Å². The molecule has 0 spiro atoms. The zero-order valence-electron chi connectivity index (χ0n) is 55.0. The molecule has 3 N–H and O–H groups in total. The minimum atomic E-state index is -0.665. The van der Waals surface area contributed by atoms with E-state index >= 15 is 0 Å². The van der Waals surface area contributed by atoms with Gasteiger partial charge in [0, 0.05) is 12.8 Å². The number of carbonyl (C=O) groups is 2. The first-order chi connectivity index (χ1) is 40.0. The first kappa shape index (κ1) is 79.3. The third kappa shape index (κ3) is 67.3. The number of hydrogen-bond acceptors (Lipinski definition) is 5. The van der Waals surface area contributed by atoms with Crippen molar-refractivity contribution in [2.75, 3.05) is 13.2 Å². The fraction of sp³-hybridized carbons (Fsp3) is 0.920. The van der Waals surface area contributed by atoms with E-state index in [0.29, 0.717) is 25.9 Å². The molecule has 2 unspecified atom stereocenters. The van der Waals surface area contributed by atoms with Crippen LogP contribution in [0.1, 0.15) is 418 Å². The van der Waals surface area contributed by atoms with Crippen LogP contribution in [0.2, 0.25) is 0 Å². The van der Waals surface area contributed by atoms with Crippen LogP contribution in [0.25, 0.3) is 0 Å². The maximum absolute atomic E-state index is 12.6. The van der Waals surface area contributed by atoms with E-state index in [2.05, 4.69) is 43.5 Å². The average Bonchev–Trinajstić information content (AvgIpc) is 3.47. The van der Waals surface area contributed by atoms with Crippen molar-refractivity contribution in [3.63, 3.8) is 0 Å². The Hall–Kier alpha value is -1.66. The molecular weight excluding hydrogens is 995 g/mol. The van der Waals surface area contributed by atoms with E-state index in [0.717, 1.165) is 44.9 Å². The van der Waals surface area contributed by atoms with Crippen molar-refractivity contribution in [2.45, 2.75) is 431 Å². The highest BCUT2D eigenvalue weighted by molar-refractivity contribution is 5.76. The maximum atomic E-state index is 12.6. The molecule has 0 aromatic carbocycles. The highest BCUT2D eigenvalue weighted by Crippen LogP contribution is 2.19. The van der Waals surface area contributed by atoms with Crippen molar-refractivity contribution in [1.29, 1.82) is 0 Å². The van der Waals surface area contributed by atoms with Gasteiger partial charge < -0.3 is 20.3 Å². The van der Waals surface area contributed by atoms with Gasteiger partial charge in [0.1, 0.15) is 0 Å². The number of carbonyl (C=O) groups excluding carboxylic acids is 2. The second-order valence-corrected chi connectivity index (χ2v) is 25.6. The Bertz CT molecular complexity index is 1270. The third-order valence-corrected chi connectivity index (χ3v) is 17.5. The molecule has 0 aromatic heterocycles. The Kier molecular flexibility index (Phi) is 69.4. The number of rotatable bonds is 70. The molecule has 0 aliphatic carbocycles. The molecule has 0 rings (SSSR count). The van der Waals surface area contributed by atoms with Crippen molar-refractivity contribution >= 4 is 11.9 Å². The van der Waals surface area contributed by atoms with Gasteiger partial charge in [-0.3, -0.25) is 9.59 Å². The van der Waals surface area contributed by atoms with Gasteiger partial charge in [0.15, 0.2) is 0 Å². The molecule has 81 heavy (non-hydrogen) atoms. The van der Waals surface area contributed by atoms with Crippen LogP contribution in [0.15, 0.2) is 24.3 Å². The van der Waals surface area contributed by atoms with E-state index in [1.165, 1.54) is 340 Å². The molecule has 480 valence electrons. The molecule has 0 radical (unpaired) electrons. The monoisotopic (exact) mass is 1140 g/mol. The van der Waals surface area contributed by atoms with E-state index in [4.69, 9.17) is 4.74 Å². The van der Waals surface area contributed by atoms with Crippen molar-refractivity contribution in [3.05, 3.63) is 24.3 Å². The third-order valence-electron chi connectivity index (χ3n) is 17.5. The first-order valence-electron chi connectivity index (χ1n) is 37.1. The molecule has 0 aliphatic rings. The molecule has 0 bridgehead atoms. The molecule has 1 amide bonds. The molecule has 6 nitrogen and oxygen atoms in total. The number of hydrogen-bond donors (Lipinski definition) is 3. The smallest absolute Gasteiger partial charge is 0.305 e. The van der Waals surface area contributed by atoms with Crippen LogP contribution in [0.4, 0.5) is 0 Å². The summed E-state index contributed by atoms with van der Waals surface area (Å²) >= 11 is 0. The van der Waals surface area contributed by atoms with Crippen LogP contribution in [0.5, 0.6) is 0 Å². The van der Waals surface area contributed by atoms with Gasteiger partial charge in [-0.2, -0.15) is 0 Å². The fourth-order valence-electron chi connectivity index (χ4n) is 11.8. The summed E-state index contributed by atoms with van der Waals surface area (Å²) in [6, 6.07) is -0.542. The lowest BCUT2D eigenvalue weighted by molar-refractivity contribution is -0.143. The van der Waals surface area contributed by atoms with Crippen LogP contribution in [-0.4, -0.2) is 47.4 Å². The van der Waals surface area contributed by atoms with Crippen molar-refractivity contribution < 1.29 is 24.5 Å². The van der Waals surface area contributed by atoms with E-state index in [-0.39, 0.29) is 18.5 Å². The molecule has 2 atom stereocenters. The lowest BCUT2D eigenvalue weighted by Crippen LogP contribution is -2.45. The normalized spacial score (nSPS) is 12.6. The molecule has 0 aromatic rings. The van der Waals surface area contributed by atoms with E-state index < -0.39 is 12.1 Å². The van der Waals surface area contributed by atoms with E-state index in [1.807, 2.05) is 0 Å². The lowest BCUT2D eigenvalue weighted by atomic mass is 10.0. The van der Waals surface area contributed by atoms with Crippen LogP contribution >= 0.6 is 0 Å². The summed E-state index contributed by atoms with van der Waals surface area (Å²) in [4.78, 5) is 24.6. The standard InChI is InChI=1S/C75H145NO5/c1-3-5-7-9-11-13-15-17-19-20-21-22-31-34-37-40-43-47-51-55-59-63-67-73(78)72(71-77)76-74(79)68-64-60-56-52-48-44-41-38-35-32-29-27-25-23-24-26-28-30-33-36-39-42-46-50-54-58-62-66-70-81-75(80)69-65-61-57-53-49-45-18-16-14-12-10-8-6-4-2/h16,18,23-24,72-73,77-78H,3-15,17,19-22,25-71H2,1-2H3,(H,76,79)/b18-16-,24-23-. The lowest BCUT2D eigenvalue weighted by Gasteiger charge is -2.22. The summed E-state index contributed by atoms with van der Waals surface area (Å²) in [5.74, 6) is -0.0219. The van der Waals surface area contributed by atoms with Gasteiger partial charge in [-0.15, -0.1) is 0 Å². The first-order valence-corrected chi connectivity index (χ1v) is 37.1. The predicted molar refractivity (Wildman–Crippen MR) is 356 cm³/mol. The summed E-state index contributed by atoms with van der Waals surface area (Å²) in [6.07, 6.45) is 89.5. The second-order valence-electron chi connectivity index (χ2n) is 25.6. The van der Waals surface area contributed by atoms with Gasteiger partial charge in [-0.25, -0.2) is 0 Å². The van der Waals surface area contributed by atoms with Crippen molar-refractivity contribution in [2.24, 2.45) is 0 Å². The van der Waals surface area contributed by atoms with Gasteiger partial charge in [0.05, 0.1) is 25.4 Å². The number of allylic oxidation sites excluding steroid dienone is 4. The topological polar surface area (TPSA) is 95.9 Å². The summed E-state index contributed by atoms with van der Waals surface area (Å²) in [7, 11) is 0. The number of unbranched alkanes of at least 4 members (excludes halogenated alkanes) is 55. The van der Waals surface area contributed by atoms with Gasteiger partial charge >= 0.3 is 5.97 Å². The van der Waals surface area contributed by atoms with Gasteiger partial charge in [-0.05, 0) is 77.0 Å². The Morgan fingerprint density at radius 2 is 0.580 bits per heavy atom. The molecule has 0 saturated heterocycles. The molecular formula is C75H145NO5. The molecule has 0 heterocycles. The second kappa shape index (κ2) is 70.8. The zero-order chi connectivity index (χ0) is 58.5. The summed E-state index contributed by atoms with van der Waals surface area (Å²) in [5, 5.41) is 23.4. The fourth-order valence-corrected chi connectivity index (χ4v) is 11.8. The Balaban J connectivity index is 3.38. The van der Waals surface area contributed by atoms with Crippen molar-refractivity contribution in [1.82, 2.24) is 5.32 Å². The molecule has 6 heteroatoms. The number of aliphatic hydroxyl groups is 2. The van der Waals surface area contributed by atoms with E-state index in [1.54, 1.807) is 0 Å². The van der Waals surface area contributed by atoms with Gasteiger partial charge in [-0.1, -0.05) is 353 Å². The molecule has 0 aliphatic heterocycles. The van der Waals surface area contributed by atoms with Crippen LogP contribution in [0.3, 0.4) is 0 Å². The minimum Gasteiger partial charge on any atom is -0.466 e. The Labute approximate surface area is 507 Å². The minimum absolute atomic E-state index is 0.00815. The predicted octanol–water partition coefficient (Wildman–Crippen LogP) is 24.1. The highest BCUT2D eigenvalue weighted by Gasteiger charge is 2.20. The SMILES string of the molecule is CCCCCCC/C=C\CCCCCCCC(=O)OCCCCCCCCCCCCCC/C=C\CCCCCCCCCCCCCCC(=O)NC(CO)C(O)CCCCCCCCCCCCCCCCCCCCCCCC. The van der Waals surface area contributed by atoms with Gasteiger partial charge in [0.25, 0.3) is 0 Å². The number of amides is 1. The largest absolute Gasteiger partial charge is 0.466 e.